The summed E-state index contributed by atoms with van der Waals surface area (Å²) in [5, 5.41) is 10.9. The SMILES string of the molecule is O=C1OC(c2ccccc2)C(O)=C1c1cccc(Cl)c1Cl. The number of hydrogen-bond donors (Lipinski definition) is 1. The molecule has 1 heterocycles. The first kappa shape index (κ1) is 14.0. The Hall–Kier alpha value is -1.97. The van der Waals surface area contributed by atoms with E-state index in [2.05, 4.69) is 0 Å². The molecule has 0 saturated carbocycles. The molecule has 3 rings (SSSR count). The van der Waals surface area contributed by atoms with Crippen LogP contribution in [0.5, 0.6) is 0 Å². The van der Waals surface area contributed by atoms with Crippen LogP contribution in [-0.2, 0) is 9.53 Å². The Morgan fingerprint density at radius 1 is 1.00 bits per heavy atom. The number of carbonyl (C=O) groups is 1. The van der Waals surface area contributed by atoms with E-state index >= 15 is 0 Å². The number of cyclic esters (lactones) is 1. The van der Waals surface area contributed by atoms with E-state index in [1.807, 2.05) is 6.07 Å². The van der Waals surface area contributed by atoms with Gasteiger partial charge in [-0.2, -0.15) is 0 Å². The van der Waals surface area contributed by atoms with Gasteiger partial charge in [-0.05, 0) is 6.07 Å². The zero-order chi connectivity index (χ0) is 15.0. The van der Waals surface area contributed by atoms with Gasteiger partial charge in [0.15, 0.2) is 11.9 Å². The molecule has 1 unspecified atom stereocenters. The molecule has 2 aromatic rings. The third-order valence-electron chi connectivity index (χ3n) is 3.26. The minimum atomic E-state index is -0.816. The van der Waals surface area contributed by atoms with E-state index < -0.39 is 12.1 Å². The third-order valence-corrected chi connectivity index (χ3v) is 4.08. The Balaban J connectivity index is 2.11. The lowest BCUT2D eigenvalue weighted by Gasteiger charge is -2.09. The van der Waals surface area contributed by atoms with Crippen LogP contribution in [0.3, 0.4) is 0 Å². The number of ether oxygens (including phenoxy) is 1. The molecule has 0 amide bonds. The zero-order valence-electron chi connectivity index (χ0n) is 10.7. The summed E-state index contributed by atoms with van der Waals surface area (Å²) in [4.78, 5) is 12.1. The van der Waals surface area contributed by atoms with Crippen LogP contribution in [-0.4, -0.2) is 11.1 Å². The molecule has 21 heavy (non-hydrogen) atoms. The number of aliphatic hydroxyl groups excluding tert-OH is 1. The summed E-state index contributed by atoms with van der Waals surface area (Å²) in [6.45, 7) is 0. The largest absolute Gasteiger partial charge is 0.507 e. The molecule has 106 valence electrons. The van der Waals surface area contributed by atoms with Gasteiger partial charge in [0.25, 0.3) is 0 Å². The highest BCUT2D eigenvalue weighted by Gasteiger charge is 2.37. The molecule has 0 fully saturated rings. The molecule has 2 aromatic carbocycles. The smallest absolute Gasteiger partial charge is 0.343 e. The number of benzene rings is 2. The number of aliphatic hydroxyl groups is 1. The fourth-order valence-electron chi connectivity index (χ4n) is 2.26. The number of hydrogen-bond acceptors (Lipinski definition) is 3. The molecule has 0 saturated heterocycles. The molecule has 0 aliphatic carbocycles. The van der Waals surface area contributed by atoms with E-state index in [9.17, 15) is 9.90 Å². The van der Waals surface area contributed by atoms with Crippen LogP contribution in [0.2, 0.25) is 10.0 Å². The lowest BCUT2D eigenvalue weighted by atomic mass is 10.0. The van der Waals surface area contributed by atoms with Gasteiger partial charge in [0, 0.05) is 11.1 Å². The van der Waals surface area contributed by atoms with Gasteiger partial charge in [-0.1, -0.05) is 65.7 Å². The van der Waals surface area contributed by atoms with Crippen molar-refractivity contribution in [2.75, 3.05) is 0 Å². The number of halogens is 2. The molecule has 1 atom stereocenters. The van der Waals surface area contributed by atoms with Gasteiger partial charge in [-0.25, -0.2) is 4.79 Å². The first-order valence-corrected chi connectivity index (χ1v) is 6.98. The van der Waals surface area contributed by atoms with Gasteiger partial charge in [0.1, 0.15) is 5.57 Å². The predicted octanol–water partition coefficient (Wildman–Crippen LogP) is 4.56. The third kappa shape index (κ3) is 2.39. The zero-order valence-corrected chi connectivity index (χ0v) is 12.2. The van der Waals surface area contributed by atoms with E-state index in [0.717, 1.165) is 0 Å². The van der Waals surface area contributed by atoms with Gasteiger partial charge in [0.2, 0.25) is 0 Å². The number of esters is 1. The standard InChI is InChI=1S/C16H10Cl2O3/c17-11-8-4-7-10(13(11)18)12-14(19)15(21-16(12)20)9-5-2-1-3-6-9/h1-8,15,19H. The molecule has 1 aliphatic heterocycles. The van der Waals surface area contributed by atoms with Crippen molar-refractivity contribution in [3.05, 3.63) is 75.5 Å². The number of rotatable bonds is 2. The quantitative estimate of drug-likeness (QED) is 0.825. The Bertz CT molecular complexity index is 738. The average molecular weight is 321 g/mol. The summed E-state index contributed by atoms with van der Waals surface area (Å²) >= 11 is 12.1. The van der Waals surface area contributed by atoms with Crippen LogP contribution < -0.4 is 0 Å². The highest BCUT2D eigenvalue weighted by atomic mass is 35.5. The van der Waals surface area contributed by atoms with Crippen LogP contribution in [0.4, 0.5) is 0 Å². The fraction of sp³-hybridized carbons (Fsp3) is 0.0625. The van der Waals surface area contributed by atoms with Gasteiger partial charge >= 0.3 is 5.97 Å². The first-order chi connectivity index (χ1) is 10.1. The molecule has 0 radical (unpaired) electrons. The maximum absolute atomic E-state index is 12.1. The maximum atomic E-state index is 12.1. The summed E-state index contributed by atoms with van der Waals surface area (Å²) in [5.41, 5.74) is 1.11. The Morgan fingerprint density at radius 3 is 2.43 bits per heavy atom. The predicted molar refractivity (Wildman–Crippen MR) is 81.3 cm³/mol. The van der Waals surface area contributed by atoms with E-state index in [4.69, 9.17) is 27.9 Å². The molecule has 0 aromatic heterocycles. The van der Waals surface area contributed by atoms with Crippen molar-refractivity contribution in [1.82, 2.24) is 0 Å². The minimum Gasteiger partial charge on any atom is -0.507 e. The van der Waals surface area contributed by atoms with Crippen molar-refractivity contribution in [3.63, 3.8) is 0 Å². The van der Waals surface area contributed by atoms with Gasteiger partial charge in [-0.3, -0.25) is 0 Å². The highest BCUT2D eigenvalue weighted by molar-refractivity contribution is 6.44. The second-order valence-corrected chi connectivity index (χ2v) is 5.34. The van der Waals surface area contributed by atoms with E-state index in [1.54, 1.807) is 42.5 Å². The van der Waals surface area contributed by atoms with Crippen LogP contribution in [0.25, 0.3) is 5.57 Å². The van der Waals surface area contributed by atoms with Crippen LogP contribution in [0, 0.1) is 0 Å². The van der Waals surface area contributed by atoms with Crippen molar-refractivity contribution in [1.29, 1.82) is 0 Å². The minimum absolute atomic E-state index is 0.0522. The van der Waals surface area contributed by atoms with Crippen LogP contribution in [0.1, 0.15) is 17.2 Å². The molecule has 3 nitrogen and oxygen atoms in total. The maximum Gasteiger partial charge on any atom is 0.343 e. The van der Waals surface area contributed by atoms with Crippen LogP contribution in [0.15, 0.2) is 54.3 Å². The lowest BCUT2D eigenvalue weighted by molar-refractivity contribution is -0.138. The topological polar surface area (TPSA) is 46.5 Å². The Morgan fingerprint density at radius 2 is 1.71 bits per heavy atom. The summed E-state index contributed by atoms with van der Waals surface area (Å²) in [6.07, 6.45) is -0.816. The monoisotopic (exact) mass is 320 g/mol. The second kappa shape index (κ2) is 5.43. The summed E-state index contributed by atoms with van der Waals surface area (Å²) in [5.74, 6) is -0.777. The van der Waals surface area contributed by atoms with E-state index in [0.29, 0.717) is 16.1 Å². The molecule has 5 heteroatoms. The normalized spacial score (nSPS) is 18.0. The summed E-state index contributed by atoms with van der Waals surface area (Å²) in [6, 6.07) is 13.9. The van der Waals surface area contributed by atoms with Crippen molar-refractivity contribution in [2.24, 2.45) is 0 Å². The lowest BCUT2D eigenvalue weighted by Crippen LogP contribution is -2.03. The Labute approximate surface area is 131 Å². The molecular weight excluding hydrogens is 311 g/mol. The summed E-state index contributed by atoms with van der Waals surface area (Å²) < 4.78 is 5.26. The average Bonchev–Trinajstić information content (AvgIpc) is 2.78. The van der Waals surface area contributed by atoms with E-state index in [1.165, 1.54) is 0 Å². The highest BCUT2D eigenvalue weighted by Crippen LogP contribution is 2.41. The van der Waals surface area contributed by atoms with E-state index in [-0.39, 0.29) is 16.4 Å². The summed E-state index contributed by atoms with van der Waals surface area (Å²) in [7, 11) is 0. The van der Waals surface area contributed by atoms with Crippen molar-refractivity contribution < 1.29 is 14.6 Å². The molecule has 0 spiro atoms. The Kier molecular flexibility index (Phi) is 3.62. The number of carbonyl (C=O) groups excluding carboxylic acids is 1. The van der Waals surface area contributed by atoms with Crippen molar-refractivity contribution in [3.8, 4) is 0 Å². The molecule has 0 bridgehead atoms. The van der Waals surface area contributed by atoms with Gasteiger partial charge in [-0.15, -0.1) is 0 Å². The molecule has 1 N–H and O–H groups in total. The molecule has 1 aliphatic rings. The fourth-order valence-corrected chi connectivity index (χ4v) is 2.65. The van der Waals surface area contributed by atoms with Crippen molar-refractivity contribution in [2.45, 2.75) is 6.10 Å². The first-order valence-electron chi connectivity index (χ1n) is 6.23. The van der Waals surface area contributed by atoms with Crippen LogP contribution >= 0.6 is 23.2 Å². The van der Waals surface area contributed by atoms with Gasteiger partial charge < -0.3 is 9.84 Å². The molecular formula is C16H10Cl2O3. The second-order valence-electron chi connectivity index (χ2n) is 4.56. The van der Waals surface area contributed by atoms with Crippen molar-refractivity contribution >= 4 is 34.7 Å². The van der Waals surface area contributed by atoms with Gasteiger partial charge in [0.05, 0.1) is 10.0 Å².